The molecule has 1 N–H and O–H groups in total. The van der Waals surface area contributed by atoms with Gasteiger partial charge in [0.25, 0.3) is 0 Å². The SMILES string of the molecule is CCC[C@H](C)NCCC(C)I. The molecule has 0 aromatic heterocycles. The van der Waals surface area contributed by atoms with Gasteiger partial charge < -0.3 is 5.32 Å². The molecule has 0 spiro atoms. The Labute approximate surface area is 84.5 Å². The first kappa shape index (κ1) is 11.7. The van der Waals surface area contributed by atoms with Gasteiger partial charge in [0.15, 0.2) is 0 Å². The molecule has 0 aromatic rings. The van der Waals surface area contributed by atoms with Gasteiger partial charge in [0.2, 0.25) is 0 Å². The van der Waals surface area contributed by atoms with Crippen molar-refractivity contribution < 1.29 is 0 Å². The van der Waals surface area contributed by atoms with Crippen LogP contribution in [0, 0.1) is 0 Å². The van der Waals surface area contributed by atoms with Crippen LogP contribution in [-0.2, 0) is 0 Å². The molecule has 1 unspecified atom stereocenters. The molecule has 0 aliphatic heterocycles. The smallest absolute Gasteiger partial charge is 0.00933 e. The van der Waals surface area contributed by atoms with Crippen molar-refractivity contribution in [1.29, 1.82) is 0 Å². The van der Waals surface area contributed by atoms with Gasteiger partial charge >= 0.3 is 0 Å². The van der Waals surface area contributed by atoms with E-state index in [-0.39, 0.29) is 0 Å². The third-order valence-electron chi connectivity index (χ3n) is 1.76. The zero-order chi connectivity index (χ0) is 8.69. The third-order valence-corrected chi connectivity index (χ3v) is 2.38. The monoisotopic (exact) mass is 269 g/mol. The van der Waals surface area contributed by atoms with Gasteiger partial charge in [0.1, 0.15) is 0 Å². The number of nitrogens with one attached hydrogen (secondary N) is 1. The molecule has 0 aliphatic carbocycles. The summed E-state index contributed by atoms with van der Waals surface area (Å²) in [6.45, 7) is 7.93. The minimum absolute atomic E-state index is 0.704. The maximum atomic E-state index is 3.51. The quantitative estimate of drug-likeness (QED) is 0.577. The lowest BCUT2D eigenvalue weighted by Gasteiger charge is -2.12. The van der Waals surface area contributed by atoms with Gasteiger partial charge in [-0.3, -0.25) is 0 Å². The highest BCUT2D eigenvalue weighted by atomic mass is 127. The molecule has 0 saturated carbocycles. The van der Waals surface area contributed by atoms with Crippen LogP contribution >= 0.6 is 22.6 Å². The van der Waals surface area contributed by atoms with E-state index in [1.165, 1.54) is 25.8 Å². The summed E-state index contributed by atoms with van der Waals surface area (Å²) in [7, 11) is 0. The van der Waals surface area contributed by atoms with E-state index in [1.807, 2.05) is 0 Å². The molecule has 1 nitrogen and oxygen atoms in total. The molecule has 0 heterocycles. The van der Waals surface area contributed by atoms with E-state index in [4.69, 9.17) is 0 Å². The summed E-state index contributed by atoms with van der Waals surface area (Å²) in [4.78, 5) is 0. The normalized spacial score (nSPS) is 16.4. The maximum Gasteiger partial charge on any atom is 0.00933 e. The zero-order valence-electron chi connectivity index (χ0n) is 7.86. The minimum atomic E-state index is 0.704. The van der Waals surface area contributed by atoms with Crippen LogP contribution in [0.15, 0.2) is 0 Å². The lowest BCUT2D eigenvalue weighted by atomic mass is 10.2. The van der Waals surface area contributed by atoms with Crippen molar-refractivity contribution in [2.45, 2.75) is 50.0 Å². The van der Waals surface area contributed by atoms with Crippen molar-refractivity contribution in [2.24, 2.45) is 0 Å². The van der Waals surface area contributed by atoms with Crippen LogP contribution in [0.4, 0.5) is 0 Å². The predicted octanol–water partition coefficient (Wildman–Crippen LogP) is 2.98. The lowest BCUT2D eigenvalue weighted by Crippen LogP contribution is -2.27. The molecule has 0 aliphatic rings. The Morgan fingerprint density at radius 3 is 2.36 bits per heavy atom. The van der Waals surface area contributed by atoms with Crippen LogP contribution < -0.4 is 5.32 Å². The molecular formula is C9H20IN. The second kappa shape index (κ2) is 7.35. The number of halogens is 1. The molecule has 0 saturated heterocycles. The Bertz CT molecular complexity index is 83.6. The Hall–Kier alpha value is 0.690. The van der Waals surface area contributed by atoms with Crippen molar-refractivity contribution in [3.05, 3.63) is 0 Å². The molecular weight excluding hydrogens is 249 g/mol. The highest BCUT2D eigenvalue weighted by Gasteiger charge is 1.99. The van der Waals surface area contributed by atoms with E-state index in [0.717, 1.165) is 3.92 Å². The minimum Gasteiger partial charge on any atom is -0.314 e. The van der Waals surface area contributed by atoms with Gasteiger partial charge in [-0.05, 0) is 26.3 Å². The van der Waals surface area contributed by atoms with Crippen LogP contribution in [-0.4, -0.2) is 16.5 Å². The van der Waals surface area contributed by atoms with E-state index in [1.54, 1.807) is 0 Å². The number of rotatable bonds is 6. The summed E-state index contributed by atoms with van der Waals surface area (Å²) in [6, 6.07) is 0.704. The van der Waals surface area contributed by atoms with E-state index < -0.39 is 0 Å². The number of hydrogen-bond acceptors (Lipinski definition) is 1. The number of hydrogen-bond donors (Lipinski definition) is 1. The van der Waals surface area contributed by atoms with Gasteiger partial charge in [-0.2, -0.15) is 0 Å². The Morgan fingerprint density at radius 1 is 1.27 bits per heavy atom. The van der Waals surface area contributed by atoms with Gasteiger partial charge in [0, 0.05) is 9.97 Å². The first-order valence-corrected chi connectivity index (χ1v) is 5.78. The first-order valence-electron chi connectivity index (χ1n) is 4.54. The standard InChI is InChI=1S/C9H20IN/c1-4-5-9(3)11-7-6-8(2)10/h8-9,11H,4-7H2,1-3H3/t8?,9-/m0/s1. The largest absolute Gasteiger partial charge is 0.314 e. The summed E-state index contributed by atoms with van der Waals surface area (Å²) in [5, 5.41) is 3.51. The Kier molecular flexibility index (Phi) is 7.81. The average molecular weight is 269 g/mol. The number of alkyl halides is 1. The third kappa shape index (κ3) is 8.60. The molecule has 2 heteroatoms. The summed E-state index contributed by atoms with van der Waals surface area (Å²) in [5.74, 6) is 0. The molecule has 0 rings (SSSR count). The van der Waals surface area contributed by atoms with Crippen molar-refractivity contribution in [2.75, 3.05) is 6.54 Å². The zero-order valence-corrected chi connectivity index (χ0v) is 10.0. The van der Waals surface area contributed by atoms with Crippen LogP contribution in [0.5, 0.6) is 0 Å². The van der Waals surface area contributed by atoms with E-state index in [0.29, 0.717) is 6.04 Å². The molecule has 0 bridgehead atoms. The summed E-state index contributed by atoms with van der Waals surface area (Å²) in [6.07, 6.45) is 3.87. The van der Waals surface area contributed by atoms with Crippen LogP contribution in [0.25, 0.3) is 0 Å². The molecule has 11 heavy (non-hydrogen) atoms. The van der Waals surface area contributed by atoms with Gasteiger partial charge in [0.05, 0.1) is 0 Å². The van der Waals surface area contributed by atoms with E-state index in [9.17, 15) is 0 Å². The van der Waals surface area contributed by atoms with E-state index in [2.05, 4.69) is 48.7 Å². The Morgan fingerprint density at radius 2 is 1.91 bits per heavy atom. The molecule has 0 radical (unpaired) electrons. The molecule has 0 aromatic carbocycles. The average Bonchev–Trinajstić information content (AvgIpc) is 1.87. The fourth-order valence-electron chi connectivity index (χ4n) is 1.06. The molecule has 0 amide bonds. The second-order valence-electron chi connectivity index (χ2n) is 3.21. The van der Waals surface area contributed by atoms with Crippen molar-refractivity contribution in [3.8, 4) is 0 Å². The molecule has 2 atom stereocenters. The molecule has 68 valence electrons. The fourth-order valence-corrected chi connectivity index (χ4v) is 1.38. The summed E-state index contributed by atoms with van der Waals surface area (Å²) >= 11 is 2.47. The summed E-state index contributed by atoms with van der Waals surface area (Å²) < 4.78 is 0.800. The Balaban J connectivity index is 3.10. The van der Waals surface area contributed by atoms with Crippen LogP contribution in [0.1, 0.15) is 40.0 Å². The first-order chi connectivity index (χ1) is 5.16. The van der Waals surface area contributed by atoms with E-state index >= 15 is 0 Å². The maximum absolute atomic E-state index is 3.51. The van der Waals surface area contributed by atoms with Gasteiger partial charge in [-0.1, -0.05) is 42.9 Å². The highest BCUT2D eigenvalue weighted by molar-refractivity contribution is 14.1. The topological polar surface area (TPSA) is 12.0 Å². The van der Waals surface area contributed by atoms with Gasteiger partial charge in [-0.15, -0.1) is 0 Å². The summed E-state index contributed by atoms with van der Waals surface area (Å²) in [5.41, 5.74) is 0. The van der Waals surface area contributed by atoms with Crippen molar-refractivity contribution in [3.63, 3.8) is 0 Å². The molecule has 0 fully saturated rings. The van der Waals surface area contributed by atoms with Crippen LogP contribution in [0.2, 0.25) is 0 Å². The van der Waals surface area contributed by atoms with Gasteiger partial charge in [-0.25, -0.2) is 0 Å². The predicted molar refractivity (Wildman–Crippen MR) is 60.5 cm³/mol. The van der Waals surface area contributed by atoms with Crippen molar-refractivity contribution in [1.82, 2.24) is 5.32 Å². The lowest BCUT2D eigenvalue weighted by molar-refractivity contribution is 0.503. The fraction of sp³-hybridized carbons (Fsp3) is 1.00. The highest BCUT2D eigenvalue weighted by Crippen LogP contribution is 2.03. The van der Waals surface area contributed by atoms with Crippen molar-refractivity contribution >= 4 is 22.6 Å². The van der Waals surface area contributed by atoms with Crippen LogP contribution in [0.3, 0.4) is 0 Å². The second-order valence-corrected chi connectivity index (χ2v) is 5.34.